The number of tetrazole rings is 1. The van der Waals surface area contributed by atoms with Gasteiger partial charge in [-0.3, -0.25) is 4.79 Å². The second kappa shape index (κ2) is 7.02. The third kappa shape index (κ3) is 3.92. The van der Waals surface area contributed by atoms with Crippen molar-refractivity contribution in [3.63, 3.8) is 0 Å². The highest BCUT2D eigenvalue weighted by atomic mass is 35.5. The van der Waals surface area contributed by atoms with Crippen LogP contribution in [0.2, 0.25) is 5.02 Å². The summed E-state index contributed by atoms with van der Waals surface area (Å²) >= 11 is 5.85. The van der Waals surface area contributed by atoms with Gasteiger partial charge in [0.25, 0.3) is 5.91 Å². The van der Waals surface area contributed by atoms with Crippen molar-refractivity contribution in [3.8, 4) is 5.69 Å². The molecule has 3 aromatic rings. The van der Waals surface area contributed by atoms with Gasteiger partial charge in [0.2, 0.25) is 0 Å². The Morgan fingerprint density at radius 1 is 1.17 bits per heavy atom. The van der Waals surface area contributed by atoms with Gasteiger partial charge >= 0.3 is 0 Å². The number of amides is 1. The molecule has 116 valence electrons. The Kier molecular flexibility index (Phi) is 4.63. The predicted octanol–water partition coefficient (Wildman–Crippen LogP) is 2.29. The molecule has 0 spiro atoms. The second-order valence-electron chi connectivity index (χ2n) is 4.94. The van der Waals surface area contributed by atoms with Crippen LogP contribution >= 0.6 is 11.6 Å². The number of rotatable bonds is 5. The van der Waals surface area contributed by atoms with Crippen molar-refractivity contribution in [1.29, 1.82) is 0 Å². The number of nitrogens with one attached hydrogen (secondary N) is 1. The molecule has 1 heterocycles. The van der Waals surface area contributed by atoms with E-state index in [1.165, 1.54) is 11.0 Å². The van der Waals surface area contributed by atoms with E-state index in [0.717, 1.165) is 17.7 Å². The third-order valence-electron chi connectivity index (χ3n) is 3.33. The van der Waals surface area contributed by atoms with Gasteiger partial charge in [-0.1, -0.05) is 29.8 Å². The number of aromatic nitrogens is 4. The van der Waals surface area contributed by atoms with Gasteiger partial charge in [0.05, 0.1) is 5.69 Å². The molecule has 0 bridgehead atoms. The summed E-state index contributed by atoms with van der Waals surface area (Å²) < 4.78 is 1.50. The zero-order valence-electron chi connectivity index (χ0n) is 12.2. The lowest BCUT2D eigenvalue weighted by molar-refractivity contribution is 0.0954. The van der Waals surface area contributed by atoms with Crippen molar-refractivity contribution in [2.24, 2.45) is 0 Å². The molecule has 1 aromatic heterocycles. The number of benzene rings is 2. The second-order valence-corrected chi connectivity index (χ2v) is 5.37. The van der Waals surface area contributed by atoms with Crippen molar-refractivity contribution in [2.75, 3.05) is 6.54 Å². The maximum absolute atomic E-state index is 12.2. The molecule has 0 aliphatic heterocycles. The van der Waals surface area contributed by atoms with Crippen LogP contribution in [0.5, 0.6) is 0 Å². The quantitative estimate of drug-likeness (QED) is 0.780. The average Bonchev–Trinajstić information content (AvgIpc) is 3.11. The largest absolute Gasteiger partial charge is 0.352 e. The van der Waals surface area contributed by atoms with Crippen LogP contribution in [0.1, 0.15) is 15.9 Å². The highest BCUT2D eigenvalue weighted by Crippen LogP contribution is 2.10. The summed E-state index contributed by atoms with van der Waals surface area (Å²) in [7, 11) is 0. The van der Waals surface area contributed by atoms with E-state index in [1.54, 1.807) is 18.2 Å². The molecule has 7 heteroatoms. The molecule has 2 aromatic carbocycles. The summed E-state index contributed by atoms with van der Waals surface area (Å²) in [5, 5.41) is 14.6. The minimum absolute atomic E-state index is 0.131. The Bertz CT molecular complexity index is 786. The van der Waals surface area contributed by atoms with Gasteiger partial charge in [-0.15, -0.1) is 5.10 Å². The summed E-state index contributed by atoms with van der Waals surface area (Å²) in [5.41, 5.74) is 2.42. The van der Waals surface area contributed by atoms with Crippen molar-refractivity contribution < 1.29 is 4.79 Å². The minimum Gasteiger partial charge on any atom is -0.352 e. The van der Waals surface area contributed by atoms with E-state index in [0.29, 0.717) is 17.1 Å². The fourth-order valence-corrected chi connectivity index (χ4v) is 2.27. The maximum Gasteiger partial charge on any atom is 0.251 e. The molecule has 3 rings (SSSR count). The first kappa shape index (κ1) is 15.2. The molecule has 0 saturated heterocycles. The molecular formula is C16H14ClN5O. The molecule has 0 saturated carbocycles. The van der Waals surface area contributed by atoms with E-state index in [9.17, 15) is 4.79 Å². The highest BCUT2D eigenvalue weighted by Gasteiger charge is 2.07. The van der Waals surface area contributed by atoms with E-state index in [1.807, 2.05) is 30.3 Å². The Labute approximate surface area is 138 Å². The Morgan fingerprint density at radius 2 is 2.00 bits per heavy atom. The summed E-state index contributed by atoms with van der Waals surface area (Å²) in [6, 6.07) is 14.7. The van der Waals surface area contributed by atoms with Crippen LogP contribution in [0, 0.1) is 0 Å². The first-order chi connectivity index (χ1) is 11.2. The van der Waals surface area contributed by atoms with Crippen LogP contribution in [0.3, 0.4) is 0 Å². The van der Waals surface area contributed by atoms with Gasteiger partial charge in [0.15, 0.2) is 0 Å². The number of carbonyl (C=O) groups is 1. The van der Waals surface area contributed by atoms with Crippen LogP contribution in [-0.2, 0) is 6.42 Å². The molecule has 0 aliphatic carbocycles. The maximum atomic E-state index is 12.2. The molecule has 0 atom stereocenters. The molecule has 0 fully saturated rings. The summed E-state index contributed by atoms with van der Waals surface area (Å²) in [6.07, 6.45) is 2.23. The summed E-state index contributed by atoms with van der Waals surface area (Å²) in [5.74, 6) is -0.131. The standard InChI is InChI=1S/C16H14ClN5O/c17-14-6-4-12(5-7-14)8-9-18-16(23)13-2-1-3-15(10-13)22-11-19-20-21-22/h1-7,10-11H,8-9H2,(H,18,23). The minimum atomic E-state index is -0.131. The average molecular weight is 328 g/mol. The first-order valence-corrected chi connectivity index (χ1v) is 7.46. The number of nitrogens with zero attached hydrogens (tertiary/aromatic N) is 4. The molecule has 0 radical (unpaired) electrons. The van der Waals surface area contributed by atoms with Crippen molar-refractivity contribution in [1.82, 2.24) is 25.5 Å². The van der Waals surface area contributed by atoms with E-state index >= 15 is 0 Å². The van der Waals surface area contributed by atoms with Crippen molar-refractivity contribution in [2.45, 2.75) is 6.42 Å². The molecule has 23 heavy (non-hydrogen) atoms. The zero-order chi connectivity index (χ0) is 16.1. The molecular weight excluding hydrogens is 314 g/mol. The third-order valence-corrected chi connectivity index (χ3v) is 3.59. The van der Waals surface area contributed by atoms with Crippen LogP contribution in [0.25, 0.3) is 5.69 Å². The number of halogens is 1. The van der Waals surface area contributed by atoms with Crippen LogP contribution < -0.4 is 5.32 Å². The van der Waals surface area contributed by atoms with E-state index < -0.39 is 0 Å². The van der Waals surface area contributed by atoms with Crippen molar-refractivity contribution in [3.05, 3.63) is 71.0 Å². The predicted molar refractivity (Wildman–Crippen MR) is 86.6 cm³/mol. The highest BCUT2D eigenvalue weighted by molar-refractivity contribution is 6.30. The fourth-order valence-electron chi connectivity index (χ4n) is 2.14. The van der Waals surface area contributed by atoms with Crippen LogP contribution in [0.4, 0.5) is 0 Å². The lowest BCUT2D eigenvalue weighted by Crippen LogP contribution is -2.25. The lowest BCUT2D eigenvalue weighted by atomic mass is 10.1. The normalized spacial score (nSPS) is 10.5. The molecule has 0 unspecified atom stereocenters. The fraction of sp³-hybridized carbons (Fsp3) is 0.125. The Balaban J connectivity index is 1.60. The smallest absolute Gasteiger partial charge is 0.251 e. The first-order valence-electron chi connectivity index (χ1n) is 7.08. The number of carbonyl (C=O) groups excluding carboxylic acids is 1. The van der Waals surface area contributed by atoms with Gasteiger partial charge in [0, 0.05) is 17.1 Å². The van der Waals surface area contributed by atoms with Crippen molar-refractivity contribution >= 4 is 17.5 Å². The molecule has 0 aliphatic rings. The van der Waals surface area contributed by atoms with Gasteiger partial charge in [-0.05, 0) is 52.7 Å². The van der Waals surface area contributed by atoms with Gasteiger partial charge < -0.3 is 5.32 Å². The lowest BCUT2D eigenvalue weighted by Gasteiger charge is -2.07. The van der Waals surface area contributed by atoms with Gasteiger partial charge in [-0.2, -0.15) is 0 Å². The molecule has 6 nitrogen and oxygen atoms in total. The Morgan fingerprint density at radius 3 is 2.74 bits per heavy atom. The van der Waals surface area contributed by atoms with Crippen LogP contribution in [0.15, 0.2) is 54.9 Å². The monoisotopic (exact) mass is 327 g/mol. The topological polar surface area (TPSA) is 72.7 Å². The number of hydrogen-bond donors (Lipinski definition) is 1. The van der Waals surface area contributed by atoms with E-state index in [2.05, 4.69) is 20.8 Å². The SMILES string of the molecule is O=C(NCCc1ccc(Cl)cc1)c1cccc(-n2cnnn2)c1. The molecule has 1 N–H and O–H groups in total. The number of hydrogen-bond acceptors (Lipinski definition) is 4. The summed E-state index contributed by atoms with van der Waals surface area (Å²) in [4.78, 5) is 12.2. The Hall–Kier alpha value is -2.73. The molecule has 1 amide bonds. The van der Waals surface area contributed by atoms with E-state index in [4.69, 9.17) is 11.6 Å². The van der Waals surface area contributed by atoms with Gasteiger partial charge in [0.1, 0.15) is 6.33 Å². The van der Waals surface area contributed by atoms with Crippen LogP contribution in [-0.4, -0.2) is 32.7 Å². The summed E-state index contributed by atoms with van der Waals surface area (Å²) in [6.45, 7) is 0.551. The van der Waals surface area contributed by atoms with Gasteiger partial charge in [-0.25, -0.2) is 4.68 Å². The zero-order valence-corrected chi connectivity index (χ0v) is 12.9. The van der Waals surface area contributed by atoms with E-state index in [-0.39, 0.29) is 5.91 Å².